The lowest BCUT2D eigenvalue weighted by Gasteiger charge is -2.15. The van der Waals surface area contributed by atoms with Crippen molar-refractivity contribution in [1.29, 1.82) is 5.26 Å². The molecule has 26 heavy (non-hydrogen) atoms. The molecule has 0 bridgehead atoms. The Labute approximate surface area is 153 Å². The minimum atomic E-state index is -0.0593. The maximum atomic E-state index is 12.2. The van der Waals surface area contributed by atoms with Gasteiger partial charge in [-0.05, 0) is 35.9 Å². The third kappa shape index (κ3) is 5.50. The van der Waals surface area contributed by atoms with Crippen molar-refractivity contribution in [3.63, 3.8) is 0 Å². The van der Waals surface area contributed by atoms with E-state index in [9.17, 15) is 4.79 Å². The zero-order chi connectivity index (χ0) is 18.9. The fraction of sp³-hybridized carbons (Fsp3) is 0.300. The SMILES string of the molecule is COc1ccc(C[NH+](C)CC(=O)Nc2ccc(CC#N)cc2)cc1OC. The first-order valence-electron chi connectivity index (χ1n) is 8.33. The summed E-state index contributed by atoms with van der Waals surface area (Å²) in [5, 5.41) is 11.6. The Morgan fingerprint density at radius 3 is 2.35 bits per heavy atom. The van der Waals surface area contributed by atoms with Gasteiger partial charge >= 0.3 is 0 Å². The molecule has 0 aromatic heterocycles. The number of quaternary nitrogens is 1. The second kappa shape index (κ2) is 9.44. The minimum absolute atomic E-state index is 0.0593. The lowest BCUT2D eigenvalue weighted by Crippen LogP contribution is -3.08. The van der Waals surface area contributed by atoms with Crippen LogP contribution in [-0.2, 0) is 17.8 Å². The molecule has 1 atom stereocenters. The van der Waals surface area contributed by atoms with Crippen LogP contribution in [0.25, 0.3) is 0 Å². The van der Waals surface area contributed by atoms with Crippen LogP contribution in [0.5, 0.6) is 11.5 Å². The minimum Gasteiger partial charge on any atom is -0.493 e. The average molecular weight is 354 g/mol. The highest BCUT2D eigenvalue weighted by Crippen LogP contribution is 2.27. The van der Waals surface area contributed by atoms with Gasteiger partial charge in [0.15, 0.2) is 18.0 Å². The van der Waals surface area contributed by atoms with Crippen LogP contribution in [0.2, 0.25) is 0 Å². The van der Waals surface area contributed by atoms with Crippen LogP contribution in [0.1, 0.15) is 11.1 Å². The number of rotatable bonds is 8. The summed E-state index contributed by atoms with van der Waals surface area (Å²) in [6.07, 6.45) is 0.367. The summed E-state index contributed by atoms with van der Waals surface area (Å²) in [5.41, 5.74) is 2.73. The van der Waals surface area contributed by atoms with Crippen LogP contribution >= 0.6 is 0 Å². The monoisotopic (exact) mass is 354 g/mol. The van der Waals surface area contributed by atoms with Gasteiger partial charge in [0.25, 0.3) is 5.91 Å². The number of ether oxygens (including phenoxy) is 2. The molecular formula is C20H24N3O3+. The van der Waals surface area contributed by atoms with E-state index in [1.807, 2.05) is 49.5 Å². The Kier molecular flexibility index (Phi) is 7.01. The lowest BCUT2D eigenvalue weighted by atomic mass is 10.1. The van der Waals surface area contributed by atoms with Gasteiger partial charge in [0.05, 0.1) is 33.8 Å². The Balaban J connectivity index is 1.89. The number of hydrogen-bond acceptors (Lipinski definition) is 4. The van der Waals surface area contributed by atoms with Gasteiger partial charge < -0.3 is 19.7 Å². The summed E-state index contributed by atoms with van der Waals surface area (Å²) in [6.45, 7) is 1.03. The van der Waals surface area contributed by atoms with Crippen LogP contribution < -0.4 is 19.7 Å². The number of nitriles is 1. The molecule has 2 aromatic carbocycles. The fourth-order valence-corrected chi connectivity index (χ4v) is 2.68. The highest BCUT2D eigenvalue weighted by atomic mass is 16.5. The number of methoxy groups -OCH3 is 2. The van der Waals surface area contributed by atoms with Crippen molar-refractivity contribution in [1.82, 2.24) is 0 Å². The van der Waals surface area contributed by atoms with Crippen molar-refractivity contribution in [2.75, 3.05) is 33.1 Å². The smallest absolute Gasteiger partial charge is 0.279 e. The second-order valence-corrected chi connectivity index (χ2v) is 6.08. The Morgan fingerprint density at radius 2 is 1.73 bits per heavy atom. The van der Waals surface area contributed by atoms with E-state index in [0.29, 0.717) is 31.0 Å². The molecule has 0 aliphatic rings. The molecule has 0 aliphatic heterocycles. The molecule has 136 valence electrons. The molecule has 6 heteroatoms. The highest BCUT2D eigenvalue weighted by molar-refractivity contribution is 5.91. The molecule has 6 nitrogen and oxygen atoms in total. The molecule has 2 N–H and O–H groups in total. The number of nitrogens with zero attached hydrogens (tertiary/aromatic N) is 1. The number of amides is 1. The largest absolute Gasteiger partial charge is 0.493 e. The van der Waals surface area contributed by atoms with Gasteiger partial charge in [-0.1, -0.05) is 12.1 Å². The number of carbonyl (C=O) groups is 1. The summed E-state index contributed by atoms with van der Waals surface area (Å²) in [6, 6.07) is 15.2. The molecule has 2 rings (SSSR count). The Morgan fingerprint density at radius 1 is 1.08 bits per heavy atom. The highest BCUT2D eigenvalue weighted by Gasteiger charge is 2.13. The number of likely N-dealkylation sites (N-methyl/N-ethyl adjacent to an activating group) is 1. The molecule has 0 saturated heterocycles. The Hall–Kier alpha value is -3.04. The van der Waals surface area contributed by atoms with Gasteiger partial charge in [-0.2, -0.15) is 5.26 Å². The summed E-state index contributed by atoms with van der Waals surface area (Å²) in [4.78, 5) is 13.3. The van der Waals surface area contributed by atoms with Crippen LogP contribution in [0.3, 0.4) is 0 Å². The summed E-state index contributed by atoms with van der Waals surface area (Å²) in [5.74, 6) is 1.31. The standard InChI is InChI=1S/C20H23N3O3/c1-23(13-16-6-9-18(25-2)19(12-16)26-3)14-20(24)22-17-7-4-15(5-8-17)10-11-21/h4-9,12H,10,13-14H2,1-3H3,(H,22,24)/p+1. The number of anilines is 1. The van der Waals surface area contributed by atoms with Gasteiger partial charge in [-0.25, -0.2) is 0 Å². The van der Waals surface area contributed by atoms with Crippen molar-refractivity contribution < 1.29 is 19.2 Å². The predicted molar refractivity (Wildman–Crippen MR) is 99.4 cm³/mol. The predicted octanol–water partition coefficient (Wildman–Crippen LogP) is 1.42. The van der Waals surface area contributed by atoms with Gasteiger partial charge in [0, 0.05) is 11.3 Å². The molecule has 0 fully saturated rings. The van der Waals surface area contributed by atoms with E-state index in [4.69, 9.17) is 14.7 Å². The first-order chi connectivity index (χ1) is 12.5. The van der Waals surface area contributed by atoms with E-state index in [1.54, 1.807) is 14.2 Å². The zero-order valence-corrected chi connectivity index (χ0v) is 15.3. The summed E-state index contributed by atoms with van der Waals surface area (Å²) >= 11 is 0. The molecule has 0 spiro atoms. The average Bonchev–Trinajstić information content (AvgIpc) is 2.63. The maximum absolute atomic E-state index is 12.2. The van der Waals surface area contributed by atoms with E-state index in [2.05, 4.69) is 11.4 Å². The maximum Gasteiger partial charge on any atom is 0.279 e. The van der Waals surface area contributed by atoms with E-state index in [-0.39, 0.29) is 5.91 Å². The topological polar surface area (TPSA) is 75.8 Å². The third-order valence-electron chi connectivity index (χ3n) is 3.94. The van der Waals surface area contributed by atoms with E-state index < -0.39 is 0 Å². The number of benzene rings is 2. The molecule has 0 heterocycles. The Bertz CT molecular complexity index is 782. The first-order valence-corrected chi connectivity index (χ1v) is 8.33. The first kappa shape index (κ1) is 19.3. The van der Waals surface area contributed by atoms with Crippen LogP contribution in [0.4, 0.5) is 5.69 Å². The summed E-state index contributed by atoms with van der Waals surface area (Å²) < 4.78 is 10.5. The van der Waals surface area contributed by atoms with E-state index in [1.165, 1.54) is 0 Å². The van der Waals surface area contributed by atoms with Crippen molar-refractivity contribution in [2.24, 2.45) is 0 Å². The fourth-order valence-electron chi connectivity index (χ4n) is 2.68. The van der Waals surface area contributed by atoms with Gasteiger partial charge in [0.2, 0.25) is 0 Å². The molecule has 0 radical (unpaired) electrons. The van der Waals surface area contributed by atoms with Crippen LogP contribution in [0.15, 0.2) is 42.5 Å². The third-order valence-corrected chi connectivity index (χ3v) is 3.94. The van der Waals surface area contributed by atoms with Crippen LogP contribution in [0, 0.1) is 11.3 Å². The van der Waals surface area contributed by atoms with Crippen LogP contribution in [-0.4, -0.2) is 33.7 Å². The van der Waals surface area contributed by atoms with Crippen molar-refractivity contribution >= 4 is 11.6 Å². The lowest BCUT2D eigenvalue weighted by molar-refractivity contribution is -0.885. The van der Waals surface area contributed by atoms with E-state index in [0.717, 1.165) is 21.7 Å². The van der Waals surface area contributed by atoms with Gasteiger partial charge in [-0.15, -0.1) is 0 Å². The molecule has 2 aromatic rings. The number of carbonyl (C=O) groups excluding carboxylic acids is 1. The number of nitrogens with one attached hydrogen (secondary N) is 2. The number of hydrogen-bond donors (Lipinski definition) is 2. The quantitative estimate of drug-likeness (QED) is 0.752. The molecular weight excluding hydrogens is 330 g/mol. The molecule has 1 amide bonds. The van der Waals surface area contributed by atoms with E-state index >= 15 is 0 Å². The van der Waals surface area contributed by atoms with Crippen molar-refractivity contribution in [3.8, 4) is 17.6 Å². The molecule has 0 aliphatic carbocycles. The van der Waals surface area contributed by atoms with Gasteiger partial charge in [0.1, 0.15) is 6.54 Å². The second-order valence-electron chi connectivity index (χ2n) is 6.08. The molecule has 1 unspecified atom stereocenters. The van der Waals surface area contributed by atoms with Crippen molar-refractivity contribution in [2.45, 2.75) is 13.0 Å². The van der Waals surface area contributed by atoms with Gasteiger partial charge in [-0.3, -0.25) is 4.79 Å². The summed E-state index contributed by atoms with van der Waals surface area (Å²) in [7, 11) is 5.17. The molecule has 0 saturated carbocycles. The zero-order valence-electron chi connectivity index (χ0n) is 15.3. The van der Waals surface area contributed by atoms with Crippen molar-refractivity contribution in [3.05, 3.63) is 53.6 Å². The normalized spacial score (nSPS) is 11.3.